The molecular formula is C22H14ClN3O3. The Hall–Kier alpha value is -3.64. The van der Waals surface area contributed by atoms with Crippen LogP contribution in [0.3, 0.4) is 0 Å². The molecule has 0 spiro atoms. The van der Waals surface area contributed by atoms with Crippen molar-refractivity contribution in [3.8, 4) is 11.6 Å². The van der Waals surface area contributed by atoms with Crippen molar-refractivity contribution in [1.29, 1.82) is 0 Å². The molecule has 0 saturated carbocycles. The smallest absolute Gasteiger partial charge is 0.282 e. The molecule has 0 saturated heterocycles. The largest absolute Gasteiger partial charge is 0.463 e. The Kier molecular flexibility index (Phi) is 4.07. The lowest BCUT2D eigenvalue weighted by Gasteiger charge is -2.06. The average Bonchev–Trinajstić information content (AvgIpc) is 3.32. The van der Waals surface area contributed by atoms with E-state index < -0.39 is 0 Å². The third kappa shape index (κ3) is 3.03. The molecule has 0 atom stereocenters. The van der Waals surface area contributed by atoms with Gasteiger partial charge in [-0.3, -0.25) is 4.79 Å². The summed E-state index contributed by atoms with van der Waals surface area (Å²) in [5, 5.41) is 6.23. The minimum absolute atomic E-state index is 0.293. The molecule has 5 rings (SSSR count). The monoisotopic (exact) mass is 403 g/mol. The zero-order valence-electron chi connectivity index (χ0n) is 15.3. The van der Waals surface area contributed by atoms with E-state index >= 15 is 0 Å². The van der Waals surface area contributed by atoms with E-state index in [1.54, 1.807) is 48.7 Å². The molecule has 5 aromatic rings. The Labute approximate surface area is 169 Å². The highest BCUT2D eigenvalue weighted by atomic mass is 35.5. The van der Waals surface area contributed by atoms with Crippen LogP contribution in [-0.2, 0) is 0 Å². The van der Waals surface area contributed by atoms with Gasteiger partial charge in [-0.15, -0.1) is 0 Å². The van der Waals surface area contributed by atoms with Gasteiger partial charge < -0.3 is 8.83 Å². The molecule has 2 aromatic carbocycles. The standard InChI is InChI=1S/C22H14ClN3O3/c1-13-8-9-28-20(13)12-24-26-21(25-17-5-3-2-4-16(17)22(26)27)19-11-14-10-15(23)6-7-18(14)29-19/h2-12H,1H3. The van der Waals surface area contributed by atoms with Crippen LogP contribution in [0.5, 0.6) is 0 Å². The van der Waals surface area contributed by atoms with Gasteiger partial charge in [0.15, 0.2) is 5.76 Å². The van der Waals surface area contributed by atoms with Crippen LogP contribution in [0.1, 0.15) is 11.3 Å². The van der Waals surface area contributed by atoms with E-state index in [2.05, 4.69) is 10.1 Å². The van der Waals surface area contributed by atoms with Crippen LogP contribution in [0.25, 0.3) is 33.5 Å². The summed E-state index contributed by atoms with van der Waals surface area (Å²) in [4.78, 5) is 17.8. The van der Waals surface area contributed by atoms with Crippen molar-refractivity contribution in [1.82, 2.24) is 9.66 Å². The average molecular weight is 404 g/mol. The third-order valence-electron chi connectivity index (χ3n) is 4.64. The van der Waals surface area contributed by atoms with Crippen molar-refractivity contribution in [2.75, 3.05) is 0 Å². The molecule has 0 aliphatic rings. The number of fused-ring (bicyclic) bond motifs is 2. The highest BCUT2D eigenvalue weighted by molar-refractivity contribution is 6.31. The molecule has 0 radical (unpaired) electrons. The molecule has 142 valence electrons. The van der Waals surface area contributed by atoms with Gasteiger partial charge in [0.2, 0.25) is 5.82 Å². The predicted molar refractivity (Wildman–Crippen MR) is 113 cm³/mol. The Balaban J connectivity index is 1.77. The first-order chi connectivity index (χ1) is 14.1. The molecule has 0 unspecified atom stereocenters. The van der Waals surface area contributed by atoms with E-state index in [9.17, 15) is 4.79 Å². The number of rotatable bonds is 3. The fraction of sp³-hybridized carbons (Fsp3) is 0.0455. The zero-order valence-corrected chi connectivity index (χ0v) is 16.1. The van der Waals surface area contributed by atoms with E-state index in [-0.39, 0.29) is 5.56 Å². The lowest BCUT2D eigenvalue weighted by molar-refractivity contribution is 0.557. The third-order valence-corrected chi connectivity index (χ3v) is 4.88. The van der Waals surface area contributed by atoms with Gasteiger partial charge in [-0.05, 0) is 55.0 Å². The van der Waals surface area contributed by atoms with Crippen molar-refractivity contribution in [2.24, 2.45) is 5.10 Å². The second kappa shape index (κ2) is 6.76. The molecule has 6 nitrogen and oxygen atoms in total. The maximum absolute atomic E-state index is 13.2. The summed E-state index contributed by atoms with van der Waals surface area (Å²) in [7, 11) is 0. The van der Waals surface area contributed by atoms with Gasteiger partial charge in [-0.2, -0.15) is 9.78 Å². The normalized spacial score (nSPS) is 11.8. The number of halogens is 1. The summed E-state index contributed by atoms with van der Waals surface area (Å²) in [6, 6.07) is 16.1. The van der Waals surface area contributed by atoms with Gasteiger partial charge in [0.05, 0.1) is 23.4 Å². The van der Waals surface area contributed by atoms with Gasteiger partial charge in [0.25, 0.3) is 5.56 Å². The lowest BCUT2D eigenvalue weighted by atomic mass is 10.2. The van der Waals surface area contributed by atoms with Gasteiger partial charge >= 0.3 is 0 Å². The maximum atomic E-state index is 13.2. The quantitative estimate of drug-likeness (QED) is 0.386. The number of hydrogen-bond donors (Lipinski definition) is 0. The number of aryl methyl sites for hydroxylation is 1. The molecule has 0 fully saturated rings. The van der Waals surface area contributed by atoms with Crippen LogP contribution >= 0.6 is 11.6 Å². The van der Waals surface area contributed by atoms with Gasteiger partial charge in [-0.1, -0.05) is 23.7 Å². The van der Waals surface area contributed by atoms with Crippen LogP contribution in [0.4, 0.5) is 0 Å². The first-order valence-corrected chi connectivity index (χ1v) is 9.28. The zero-order chi connectivity index (χ0) is 20.0. The minimum Gasteiger partial charge on any atom is -0.463 e. The maximum Gasteiger partial charge on any atom is 0.282 e. The number of para-hydroxylation sites is 1. The summed E-state index contributed by atoms with van der Waals surface area (Å²) in [6.07, 6.45) is 3.07. The first kappa shape index (κ1) is 17.5. The topological polar surface area (TPSA) is 73.5 Å². The minimum atomic E-state index is -0.301. The second-order valence-corrected chi connectivity index (χ2v) is 7.01. The first-order valence-electron chi connectivity index (χ1n) is 8.90. The SMILES string of the molecule is Cc1ccoc1C=Nn1c(-c2cc3cc(Cl)ccc3o2)nc2ccccc2c1=O. The van der Waals surface area contributed by atoms with Crippen LogP contribution in [0, 0.1) is 6.92 Å². The molecule has 0 amide bonds. The van der Waals surface area contributed by atoms with E-state index in [0.29, 0.717) is 38.9 Å². The molecule has 3 aromatic heterocycles. The predicted octanol–water partition coefficient (Wildman–Crippen LogP) is 5.25. The van der Waals surface area contributed by atoms with Crippen molar-refractivity contribution in [3.63, 3.8) is 0 Å². The highest BCUT2D eigenvalue weighted by Crippen LogP contribution is 2.29. The molecule has 29 heavy (non-hydrogen) atoms. The number of nitrogens with zero attached hydrogens (tertiary/aromatic N) is 3. The van der Waals surface area contributed by atoms with Crippen molar-refractivity contribution >= 4 is 39.7 Å². The van der Waals surface area contributed by atoms with Gasteiger partial charge in [-0.25, -0.2) is 4.98 Å². The van der Waals surface area contributed by atoms with Crippen molar-refractivity contribution < 1.29 is 8.83 Å². The number of hydrogen-bond acceptors (Lipinski definition) is 5. The lowest BCUT2D eigenvalue weighted by Crippen LogP contribution is -2.20. The van der Waals surface area contributed by atoms with Crippen LogP contribution < -0.4 is 5.56 Å². The van der Waals surface area contributed by atoms with Crippen LogP contribution in [-0.4, -0.2) is 15.9 Å². The van der Waals surface area contributed by atoms with Crippen molar-refractivity contribution in [3.05, 3.63) is 87.6 Å². The summed E-state index contributed by atoms with van der Waals surface area (Å²) in [5.74, 6) is 1.27. The molecule has 7 heteroatoms. The Bertz CT molecular complexity index is 1460. The van der Waals surface area contributed by atoms with Gasteiger partial charge in [0, 0.05) is 10.4 Å². The highest BCUT2D eigenvalue weighted by Gasteiger charge is 2.16. The van der Waals surface area contributed by atoms with E-state index in [1.807, 2.05) is 19.1 Å². The number of aromatic nitrogens is 2. The Morgan fingerprint density at radius 2 is 2.00 bits per heavy atom. The number of benzene rings is 2. The molecule has 0 N–H and O–H groups in total. The summed E-state index contributed by atoms with van der Waals surface area (Å²) < 4.78 is 12.6. The molecule has 3 heterocycles. The Morgan fingerprint density at radius 3 is 2.83 bits per heavy atom. The fourth-order valence-electron chi connectivity index (χ4n) is 3.14. The summed E-state index contributed by atoms with van der Waals surface area (Å²) in [5.41, 5.74) is 1.82. The molecule has 0 bridgehead atoms. The van der Waals surface area contributed by atoms with Crippen LogP contribution in [0.2, 0.25) is 5.02 Å². The van der Waals surface area contributed by atoms with Gasteiger partial charge in [0.1, 0.15) is 11.3 Å². The summed E-state index contributed by atoms with van der Waals surface area (Å²) >= 11 is 6.08. The number of furan rings is 2. The van der Waals surface area contributed by atoms with E-state index in [4.69, 9.17) is 20.4 Å². The fourth-order valence-corrected chi connectivity index (χ4v) is 3.32. The van der Waals surface area contributed by atoms with Crippen LogP contribution in [0.15, 0.2) is 79.6 Å². The van der Waals surface area contributed by atoms with E-state index in [1.165, 1.54) is 10.9 Å². The summed E-state index contributed by atoms with van der Waals surface area (Å²) in [6.45, 7) is 1.90. The Morgan fingerprint density at radius 1 is 1.14 bits per heavy atom. The van der Waals surface area contributed by atoms with Crippen molar-refractivity contribution in [2.45, 2.75) is 6.92 Å². The molecule has 0 aliphatic carbocycles. The van der Waals surface area contributed by atoms with E-state index in [0.717, 1.165) is 10.9 Å². The molecule has 0 aliphatic heterocycles. The second-order valence-electron chi connectivity index (χ2n) is 6.57. The molecular weight excluding hydrogens is 390 g/mol.